The van der Waals surface area contributed by atoms with E-state index in [-0.39, 0.29) is 5.91 Å². The summed E-state index contributed by atoms with van der Waals surface area (Å²) >= 11 is 5.57. The van der Waals surface area contributed by atoms with E-state index in [0.29, 0.717) is 23.6 Å². The summed E-state index contributed by atoms with van der Waals surface area (Å²) in [5.74, 6) is 0.591. The minimum atomic E-state index is -0.0460. The third-order valence-corrected chi connectivity index (χ3v) is 2.96. The van der Waals surface area contributed by atoms with Crippen molar-refractivity contribution in [3.05, 3.63) is 29.3 Å². The molecule has 0 unspecified atom stereocenters. The third-order valence-electron chi connectivity index (χ3n) is 2.70. The largest absolute Gasteiger partial charge is 0.325 e. The number of benzene rings is 1. The normalized spacial score (nSPS) is 9.83. The first-order valence-electron chi connectivity index (χ1n) is 6.04. The molecule has 1 rings (SSSR count). The second-order valence-electron chi connectivity index (χ2n) is 4.16. The van der Waals surface area contributed by atoms with Crippen molar-refractivity contribution in [1.82, 2.24) is 0 Å². The fraction of sp³-hybridized carbons (Fsp3) is 0.429. The molecular formula is C14H17ClN2O. The lowest BCUT2D eigenvalue weighted by atomic mass is 10.1. The zero-order valence-corrected chi connectivity index (χ0v) is 11.3. The van der Waals surface area contributed by atoms with Crippen molar-refractivity contribution >= 4 is 23.2 Å². The Labute approximate surface area is 113 Å². The van der Waals surface area contributed by atoms with E-state index < -0.39 is 0 Å². The van der Waals surface area contributed by atoms with Crippen LogP contribution in [0.4, 0.5) is 5.69 Å². The van der Waals surface area contributed by atoms with E-state index in [1.807, 2.05) is 19.1 Å². The molecule has 0 atom stereocenters. The molecule has 0 spiro atoms. The predicted octanol–water partition coefficient (Wildman–Crippen LogP) is 3.60. The van der Waals surface area contributed by atoms with E-state index in [0.717, 1.165) is 24.8 Å². The average molecular weight is 265 g/mol. The highest BCUT2D eigenvalue weighted by atomic mass is 35.5. The van der Waals surface area contributed by atoms with Crippen molar-refractivity contribution < 1.29 is 4.79 Å². The number of carbonyl (C=O) groups excluding carboxylic acids is 1. The van der Waals surface area contributed by atoms with Gasteiger partial charge in [0.15, 0.2) is 0 Å². The van der Waals surface area contributed by atoms with Crippen LogP contribution in [0.2, 0.25) is 0 Å². The van der Waals surface area contributed by atoms with Crippen LogP contribution in [-0.2, 0) is 4.79 Å². The summed E-state index contributed by atoms with van der Waals surface area (Å²) in [6, 6.07) is 7.48. The lowest BCUT2D eigenvalue weighted by molar-refractivity contribution is -0.116. The molecular weight excluding hydrogens is 248 g/mol. The summed E-state index contributed by atoms with van der Waals surface area (Å²) in [6.07, 6.45) is 3.18. The van der Waals surface area contributed by atoms with Gasteiger partial charge >= 0.3 is 0 Å². The molecule has 1 aromatic rings. The Hall–Kier alpha value is -1.53. The predicted molar refractivity (Wildman–Crippen MR) is 73.7 cm³/mol. The maximum absolute atomic E-state index is 11.7. The molecule has 0 bridgehead atoms. The van der Waals surface area contributed by atoms with Crippen LogP contribution in [0, 0.1) is 18.3 Å². The van der Waals surface area contributed by atoms with E-state index in [2.05, 4.69) is 11.4 Å². The van der Waals surface area contributed by atoms with Crippen molar-refractivity contribution in [2.24, 2.45) is 0 Å². The minimum absolute atomic E-state index is 0.0460. The second kappa shape index (κ2) is 7.73. The monoisotopic (exact) mass is 264 g/mol. The van der Waals surface area contributed by atoms with Crippen molar-refractivity contribution in [1.29, 1.82) is 5.26 Å². The SMILES string of the molecule is Cc1cccc(C#N)c1NC(=O)CCCCCCl. The molecule has 0 saturated carbocycles. The zero-order chi connectivity index (χ0) is 13.4. The van der Waals surface area contributed by atoms with Gasteiger partial charge in [-0.05, 0) is 31.4 Å². The van der Waals surface area contributed by atoms with Gasteiger partial charge in [0.25, 0.3) is 0 Å². The molecule has 0 fully saturated rings. The molecule has 0 saturated heterocycles. The first-order valence-corrected chi connectivity index (χ1v) is 6.58. The maximum atomic E-state index is 11.7. The summed E-state index contributed by atoms with van der Waals surface area (Å²) in [5, 5.41) is 11.8. The summed E-state index contributed by atoms with van der Waals surface area (Å²) in [6.45, 7) is 1.88. The molecule has 1 N–H and O–H groups in total. The van der Waals surface area contributed by atoms with Gasteiger partial charge < -0.3 is 5.32 Å². The smallest absolute Gasteiger partial charge is 0.224 e. The molecule has 0 aliphatic heterocycles. The quantitative estimate of drug-likeness (QED) is 0.630. The number of halogens is 1. The highest BCUT2D eigenvalue weighted by molar-refractivity contribution is 6.17. The Morgan fingerprint density at radius 2 is 2.17 bits per heavy atom. The highest BCUT2D eigenvalue weighted by Crippen LogP contribution is 2.20. The Morgan fingerprint density at radius 1 is 1.39 bits per heavy atom. The Morgan fingerprint density at radius 3 is 2.83 bits per heavy atom. The van der Waals surface area contributed by atoms with E-state index in [4.69, 9.17) is 16.9 Å². The number of alkyl halides is 1. The number of nitrogens with one attached hydrogen (secondary N) is 1. The van der Waals surface area contributed by atoms with Gasteiger partial charge in [-0.25, -0.2) is 0 Å². The van der Waals surface area contributed by atoms with Crippen LogP contribution < -0.4 is 5.32 Å². The van der Waals surface area contributed by atoms with E-state index >= 15 is 0 Å². The lowest BCUT2D eigenvalue weighted by Gasteiger charge is -2.09. The summed E-state index contributed by atoms with van der Waals surface area (Å²) in [4.78, 5) is 11.7. The molecule has 18 heavy (non-hydrogen) atoms. The highest BCUT2D eigenvalue weighted by Gasteiger charge is 2.08. The summed E-state index contributed by atoms with van der Waals surface area (Å²) in [5.41, 5.74) is 2.04. The molecule has 4 heteroatoms. The molecule has 96 valence electrons. The van der Waals surface area contributed by atoms with Crippen molar-refractivity contribution in [3.8, 4) is 6.07 Å². The fourth-order valence-electron chi connectivity index (χ4n) is 1.69. The first kappa shape index (κ1) is 14.5. The molecule has 3 nitrogen and oxygen atoms in total. The minimum Gasteiger partial charge on any atom is -0.325 e. The zero-order valence-electron chi connectivity index (χ0n) is 10.5. The Bertz CT molecular complexity index is 452. The van der Waals surface area contributed by atoms with Crippen LogP contribution in [0.25, 0.3) is 0 Å². The maximum Gasteiger partial charge on any atom is 0.224 e. The van der Waals surface area contributed by atoms with Gasteiger partial charge in [-0.3, -0.25) is 4.79 Å². The number of nitriles is 1. The number of hydrogen-bond acceptors (Lipinski definition) is 2. The van der Waals surface area contributed by atoms with Crippen LogP contribution in [0.15, 0.2) is 18.2 Å². The number of unbranched alkanes of at least 4 members (excludes halogenated alkanes) is 2. The fourth-order valence-corrected chi connectivity index (χ4v) is 1.87. The van der Waals surface area contributed by atoms with Crippen molar-refractivity contribution in [2.45, 2.75) is 32.6 Å². The number of hydrogen-bond donors (Lipinski definition) is 1. The van der Waals surface area contributed by atoms with Crippen molar-refractivity contribution in [2.75, 3.05) is 11.2 Å². The van der Waals surface area contributed by atoms with Crippen LogP contribution in [0.5, 0.6) is 0 Å². The van der Waals surface area contributed by atoms with Crippen LogP contribution >= 0.6 is 11.6 Å². The van der Waals surface area contributed by atoms with Gasteiger partial charge in [0.05, 0.1) is 11.3 Å². The average Bonchev–Trinajstić information content (AvgIpc) is 2.37. The van der Waals surface area contributed by atoms with Crippen molar-refractivity contribution in [3.63, 3.8) is 0 Å². The summed E-state index contributed by atoms with van der Waals surface area (Å²) in [7, 11) is 0. The number of amides is 1. The Kier molecular flexibility index (Phi) is 6.24. The number of rotatable bonds is 6. The van der Waals surface area contributed by atoms with Gasteiger partial charge in [0.2, 0.25) is 5.91 Å². The topological polar surface area (TPSA) is 52.9 Å². The van der Waals surface area contributed by atoms with Crippen LogP contribution in [0.1, 0.15) is 36.8 Å². The van der Waals surface area contributed by atoms with Gasteiger partial charge in [-0.1, -0.05) is 18.6 Å². The van der Waals surface area contributed by atoms with Crippen LogP contribution in [0.3, 0.4) is 0 Å². The number of nitrogens with zero attached hydrogens (tertiary/aromatic N) is 1. The van der Waals surface area contributed by atoms with Gasteiger partial charge in [-0.15, -0.1) is 11.6 Å². The number of para-hydroxylation sites is 1. The molecule has 0 aromatic heterocycles. The molecule has 1 aromatic carbocycles. The molecule has 0 heterocycles. The lowest BCUT2D eigenvalue weighted by Crippen LogP contribution is -2.13. The second-order valence-corrected chi connectivity index (χ2v) is 4.54. The number of carbonyl (C=O) groups is 1. The van der Waals surface area contributed by atoms with Gasteiger partial charge in [0, 0.05) is 12.3 Å². The van der Waals surface area contributed by atoms with E-state index in [9.17, 15) is 4.79 Å². The molecule has 0 aliphatic rings. The van der Waals surface area contributed by atoms with E-state index in [1.165, 1.54) is 0 Å². The number of aryl methyl sites for hydroxylation is 1. The van der Waals surface area contributed by atoms with Crippen LogP contribution in [-0.4, -0.2) is 11.8 Å². The van der Waals surface area contributed by atoms with E-state index in [1.54, 1.807) is 6.07 Å². The number of anilines is 1. The standard InChI is InChI=1S/C14H17ClN2O/c1-11-6-5-7-12(10-16)14(11)17-13(18)8-3-2-4-9-15/h5-7H,2-4,8-9H2,1H3,(H,17,18). The summed E-state index contributed by atoms with van der Waals surface area (Å²) < 4.78 is 0. The molecule has 0 radical (unpaired) electrons. The molecule has 0 aliphatic carbocycles. The van der Waals surface area contributed by atoms with Gasteiger partial charge in [-0.2, -0.15) is 5.26 Å². The molecule has 1 amide bonds. The first-order chi connectivity index (χ1) is 8.69. The third kappa shape index (κ3) is 4.38. The Balaban J connectivity index is 2.57. The van der Waals surface area contributed by atoms with Gasteiger partial charge in [0.1, 0.15) is 6.07 Å².